The predicted octanol–water partition coefficient (Wildman–Crippen LogP) is 3.48. The van der Waals surface area contributed by atoms with E-state index in [1.54, 1.807) is 12.1 Å². The molecule has 1 aromatic rings. The minimum absolute atomic E-state index is 0.380. The molecule has 0 radical (unpaired) electrons. The van der Waals surface area contributed by atoms with Crippen LogP contribution in [0.2, 0.25) is 0 Å². The molecule has 0 aliphatic heterocycles. The van der Waals surface area contributed by atoms with Crippen molar-refractivity contribution in [3.63, 3.8) is 0 Å². The van der Waals surface area contributed by atoms with E-state index in [0.717, 1.165) is 18.4 Å². The molecule has 5 heteroatoms. The van der Waals surface area contributed by atoms with E-state index in [9.17, 15) is 0 Å². The van der Waals surface area contributed by atoms with Crippen molar-refractivity contribution >= 4 is 24.6 Å². The van der Waals surface area contributed by atoms with Crippen LogP contribution in [0, 0.1) is 0 Å². The molecule has 0 unspecified atom stereocenters. The van der Waals surface area contributed by atoms with Gasteiger partial charge in [-0.2, -0.15) is 0 Å². The number of rotatable bonds is 5. The maximum absolute atomic E-state index is 9.01. The van der Waals surface area contributed by atoms with Crippen molar-refractivity contribution in [2.45, 2.75) is 26.7 Å². The van der Waals surface area contributed by atoms with Crippen LogP contribution in [0.25, 0.3) is 6.08 Å². The summed E-state index contributed by atoms with van der Waals surface area (Å²) in [4.78, 5) is 18.0. The van der Waals surface area contributed by atoms with Crippen LogP contribution in [0.15, 0.2) is 29.8 Å². The SMILES string of the molecule is CCC(=Cc1ccc(OP(O)(O)=S)cc1)CC. The first-order chi connectivity index (χ1) is 7.94. The highest BCUT2D eigenvalue weighted by atomic mass is 32.5. The second kappa shape index (κ2) is 6.31. The summed E-state index contributed by atoms with van der Waals surface area (Å²) in [6.45, 7) is 0.627. The molecule has 0 aromatic heterocycles. The van der Waals surface area contributed by atoms with Crippen molar-refractivity contribution < 1.29 is 14.3 Å². The lowest BCUT2D eigenvalue weighted by Crippen LogP contribution is -1.89. The second-order valence-corrected chi connectivity index (χ2v) is 6.25. The van der Waals surface area contributed by atoms with Gasteiger partial charge in [-0.25, -0.2) is 0 Å². The molecule has 0 aliphatic carbocycles. The van der Waals surface area contributed by atoms with Crippen LogP contribution in [0.1, 0.15) is 32.3 Å². The number of benzene rings is 1. The first kappa shape index (κ1) is 14.4. The van der Waals surface area contributed by atoms with E-state index in [2.05, 4.69) is 31.7 Å². The molecule has 1 aromatic carbocycles. The van der Waals surface area contributed by atoms with Crippen LogP contribution >= 0.6 is 6.72 Å². The molecule has 17 heavy (non-hydrogen) atoms. The number of hydrogen-bond donors (Lipinski definition) is 2. The van der Waals surface area contributed by atoms with Gasteiger partial charge in [-0.15, -0.1) is 0 Å². The van der Waals surface area contributed by atoms with E-state index in [1.807, 2.05) is 12.1 Å². The number of hydrogen-bond acceptors (Lipinski definition) is 2. The van der Waals surface area contributed by atoms with Gasteiger partial charge < -0.3 is 14.3 Å². The van der Waals surface area contributed by atoms with Crippen molar-refractivity contribution in [2.75, 3.05) is 0 Å². The molecule has 0 spiro atoms. The van der Waals surface area contributed by atoms with Crippen molar-refractivity contribution in [3.8, 4) is 5.75 Å². The van der Waals surface area contributed by atoms with Crippen LogP contribution < -0.4 is 4.52 Å². The minimum atomic E-state index is -3.62. The standard InChI is InChI=1S/C12H17O3PS/c1-3-10(4-2)9-11-5-7-12(8-6-11)15-16(13,14)17/h5-9H,3-4H2,1-2H3,(H2,13,14,17). The molecule has 1 rings (SSSR count). The van der Waals surface area contributed by atoms with E-state index < -0.39 is 6.72 Å². The van der Waals surface area contributed by atoms with Crippen LogP contribution in [0.5, 0.6) is 5.75 Å². The topological polar surface area (TPSA) is 49.7 Å². The first-order valence-corrected chi connectivity index (χ1v) is 8.12. The molecule has 0 bridgehead atoms. The summed E-state index contributed by atoms with van der Waals surface area (Å²) >= 11 is 4.40. The highest BCUT2D eigenvalue weighted by Crippen LogP contribution is 2.37. The molecule has 0 saturated carbocycles. The minimum Gasteiger partial charge on any atom is -0.424 e. The van der Waals surface area contributed by atoms with Gasteiger partial charge in [0.25, 0.3) is 0 Å². The second-order valence-electron chi connectivity index (χ2n) is 3.66. The van der Waals surface area contributed by atoms with E-state index in [0.29, 0.717) is 5.75 Å². The summed E-state index contributed by atoms with van der Waals surface area (Å²) in [6, 6.07) is 7.10. The Hall–Kier alpha value is -0.670. The van der Waals surface area contributed by atoms with E-state index in [-0.39, 0.29) is 0 Å². The third-order valence-electron chi connectivity index (χ3n) is 2.38. The van der Waals surface area contributed by atoms with Gasteiger partial charge in [0, 0.05) is 11.8 Å². The quantitative estimate of drug-likeness (QED) is 0.806. The normalized spacial score (nSPS) is 11.1. The zero-order chi connectivity index (χ0) is 12.9. The fraction of sp³-hybridized carbons (Fsp3) is 0.333. The Kier molecular flexibility index (Phi) is 5.34. The molecule has 0 aliphatic rings. The molecule has 0 saturated heterocycles. The summed E-state index contributed by atoms with van der Waals surface area (Å²) in [7, 11) is 0. The molecular weight excluding hydrogens is 255 g/mol. The average molecular weight is 272 g/mol. The lowest BCUT2D eigenvalue weighted by Gasteiger charge is -2.09. The van der Waals surface area contributed by atoms with Crippen LogP contribution in [0.3, 0.4) is 0 Å². The Morgan fingerprint density at radius 3 is 2.18 bits per heavy atom. The van der Waals surface area contributed by atoms with Crippen molar-refractivity contribution in [2.24, 2.45) is 0 Å². The van der Waals surface area contributed by atoms with Gasteiger partial charge in [-0.1, -0.05) is 37.6 Å². The summed E-state index contributed by atoms with van der Waals surface area (Å²) < 4.78 is 4.83. The Bertz CT molecular complexity index is 428. The smallest absolute Gasteiger partial charge is 0.375 e. The highest BCUT2D eigenvalue weighted by Gasteiger charge is 2.09. The average Bonchev–Trinajstić information content (AvgIpc) is 2.26. The van der Waals surface area contributed by atoms with E-state index >= 15 is 0 Å². The highest BCUT2D eigenvalue weighted by molar-refractivity contribution is 8.06. The molecule has 94 valence electrons. The van der Waals surface area contributed by atoms with Crippen LogP contribution in [-0.2, 0) is 11.8 Å². The zero-order valence-corrected chi connectivity index (χ0v) is 11.7. The Balaban J connectivity index is 2.81. The first-order valence-electron chi connectivity index (χ1n) is 5.49. The summed E-state index contributed by atoms with van der Waals surface area (Å²) in [5.41, 5.74) is 2.44. The fourth-order valence-corrected chi connectivity index (χ4v) is 2.11. The summed E-state index contributed by atoms with van der Waals surface area (Å²) in [5, 5.41) is 0. The molecule has 3 nitrogen and oxygen atoms in total. The lowest BCUT2D eigenvalue weighted by atomic mass is 10.1. The molecule has 2 N–H and O–H groups in total. The number of allylic oxidation sites excluding steroid dienone is 1. The van der Waals surface area contributed by atoms with E-state index in [4.69, 9.17) is 14.3 Å². The third-order valence-corrected chi connectivity index (χ3v) is 3.06. The van der Waals surface area contributed by atoms with Gasteiger partial charge in [0.2, 0.25) is 0 Å². The Morgan fingerprint density at radius 1 is 1.24 bits per heavy atom. The van der Waals surface area contributed by atoms with Crippen LogP contribution in [-0.4, -0.2) is 9.79 Å². The van der Waals surface area contributed by atoms with Crippen LogP contribution in [0.4, 0.5) is 0 Å². The van der Waals surface area contributed by atoms with Gasteiger partial charge in [-0.05, 0) is 30.5 Å². The summed E-state index contributed by atoms with van der Waals surface area (Å²) in [5.74, 6) is 0.380. The fourth-order valence-electron chi connectivity index (χ4n) is 1.45. The van der Waals surface area contributed by atoms with Gasteiger partial charge in [0.05, 0.1) is 0 Å². The monoisotopic (exact) mass is 272 g/mol. The van der Waals surface area contributed by atoms with Crippen molar-refractivity contribution in [1.29, 1.82) is 0 Å². The predicted molar refractivity (Wildman–Crippen MR) is 74.4 cm³/mol. The zero-order valence-electron chi connectivity index (χ0n) is 9.96. The maximum atomic E-state index is 9.01. The maximum Gasteiger partial charge on any atom is 0.375 e. The Labute approximate surface area is 107 Å². The molecular formula is C12H17O3PS. The van der Waals surface area contributed by atoms with Gasteiger partial charge >= 0.3 is 6.72 Å². The molecule has 0 fully saturated rings. The molecule has 0 heterocycles. The summed E-state index contributed by atoms with van der Waals surface area (Å²) in [6.07, 6.45) is 4.18. The van der Waals surface area contributed by atoms with Gasteiger partial charge in [0.1, 0.15) is 5.75 Å². The van der Waals surface area contributed by atoms with Crippen molar-refractivity contribution in [3.05, 3.63) is 35.4 Å². The molecule has 0 atom stereocenters. The molecule has 0 amide bonds. The van der Waals surface area contributed by atoms with Gasteiger partial charge in [0.15, 0.2) is 0 Å². The Morgan fingerprint density at radius 2 is 1.76 bits per heavy atom. The van der Waals surface area contributed by atoms with E-state index in [1.165, 1.54) is 5.57 Å². The third kappa shape index (κ3) is 5.46. The largest absolute Gasteiger partial charge is 0.424 e. The lowest BCUT2D eigenvalue weighted by molar-refractivity contribution is 0.370. The van der Waals surface area contributed by atoms with Crippen molar-refractivity contribution in [1.82, 2.24) is 0 Å². The van der Waals surface area contributed by atoms with Gasteiger partial charge in [-0.3, -0.25) is 0 Å².